The molecule has 0 bridgehead atoms. The van der Waals surface area contributed by atoms with Crippen molar-refractivity contribution in [1.82, 2.24) is 0 Å². The third-order valence-electron chi connectivity index (χ3n) is 3.67. The van der Waals surface area contributed by atoms with E-state index >= 15 is 0 Å². The first-order valence-corrected chi connectivity index (χ1v) is 8.88. The zero-order valence-corrected chi connectivity index (χ0v) is 12.3. The second-order valence-electron chi connectivity index (χ2n) is 6.06. The Morgan fingerprint density at radius 2 is 1.88 bits per heavy atom. The van der Waals surface area contributed by atoms with Crippen molar-refractivity contribution in [2.75, 3.05) is 6.61 Å². The standard InChI is InChI=1S/C12H24O4Si/c1-12(2,3)17(4,5)16-8-10-11(14)9(13)6-7-15-10/h6-7,9-11,13-14H,8H2,1-5H3/t9-,10-,11+/m1/s1. The highest BCUT2D eigenvalue weighted by atomic mass is 28.4. The zero-order chi connectivity index (χ0) is 13.3. The van der Waals surface area contributed by atoms with Gasteiger partial charge in [-0.1, -0.05) is 20.8 Å². The summed E-state index contributed by atoms with van der Waals surface area (Å²) < 4.78 is 11.2. The minimum absolute atomic E-state index is 0.126. The molecule has 0 aliphatic carbocycles. The van der Waals surface area contributed by atoms with E-state index in [0.717, 1.165) is 0 Å². The topological polar surface area (TPSA) is 58.9 Å². The molecule has 100 valence electrons. The molecular formula is C12H24O4Si. The predicted octanol–water partition coefficient (Wildman–Crippen LogP) is 1.64. The Morgan fingerprint density at radius 1 is 1.29 bits per heavy atom. The van der Waals surface area contributed by atoms with Gasteiger partial charge >= 0.3 is 0 Å². The van der Waals surface area contributed by atoms with Crippen LogP contribution in [0.1, 0.15) is 20.8 Å². The van der Waals surface area contributed by atoms with Crippen molar-refractivity contribution in [1.29, 1.82) is 0 Å². The molecule has 1 aliphatic heterocycles. The highest BCUT2D eigenvalue weighted by Crippen LogP contribution is 2.36. The highest BCUT2D eigenvalue weighted by molar-refractivity contribution is 6.74. The summed E-state index contributed by atoms with van der Waals surface area (Å²) in [4.78, 5) is 0. The van der Waals surface area contributed by atoms with Crippen molar-refractivity contribution in [3.05, 3.63) is 12.3 Å². The van der Waals surface area contributed by atoms with E-state index in [9.17, 15) is 10.2 Å². The number of ether oxygens (including phenoxy) is 1. The SMILES string of the molecule is CC(C)(C)[Si](C)(C)OC[C@H]1OC=C[C@@H](O)[C@@H]1O. The Kier molecular flexibility index (Phi) is 4.41. The maximum atomic E-state index is 9.75. The van der Waals surface area contributed by atoms with Gasteiger partial charge in [-0.3, -0.25) is 0 Å². The van der Waals surface area contributed by atoms with Crippen LogP contribution in [0.4, 0.5) is 0 Å². The first-order chi connectivity index (χ1) is 7.65. The van der Waals surface area contributed by atoms with Gasteiger partial charge in [0, 0.05) is 0 Å². The van der Waals surface area contributed by atoms with Crippen LogP contribution < -0.4 is 0 Å². The van der Waals surface area contributed by atoms with E-state index < -0.39 is 26.6 Å². The number of aliphatic hydroxyl groups is 2. The lowest BCUT2D eigenvalue weighted by molar-refractivity contribution is -0.0787. The molecule has 0 amide bonds. The average Bonchev–Trinajstić information content (AvgIpc) is 2.18. The van der Waals surface area contributed by atoms with Gasteiger partial charge in [0.15, 0.2) is 8.32 Å². The molecule has 2 N–H and O–H groups in total. The normalized spacial score (nSPS) is 30.2. The summed E-state index contributed by atoms with van der Waals surface area (Å²) in [6.07, 6.45) is 0.607. The summed E-state index contributed by atoms with van der Waals surface area (Å²) in [6, 6.07) is 0. The Bertz CT molecular complexity index is 283. The summed E-state index contributed by atoms with van der Waals surface area (Å²) in [7, 11) is -1.84. The van der Waals surface area contributed by atoms with Crippen LogP contribution in [-0.4, -0.2) is 43.4 Å². The van der Waals surface area contributed by atoms with Crippen LogP contribution in [0.15, 0.2) is 12.3 Å². The fraction of sp³-hybridized carbons (Fsp3) is 0.833. The van der Waals surface area contributed by atoms with Crippen molar-refractivity contribution >= 4 is 8.32 Å². The molecule has 0 spiro atoms. The fourth-order valence-corrected chi connectivity index (χ4v) is 2.30. The van der Waals surface area contributed by atoms with Gasteiger partial charge < -0.3 is 19.4 Å². The van der Waals surface area contributed by atoms with Gasteiger partial charge in [-0.15, -0.1) is 0 Å². The lowest BCUT2D eigenvalue weighted by Gasteiger charge is -2.38. The number of hydrogen-bond acceptors (Lipinski definition) is 4. The average molecular weight is 260 g/mol. The van der Waals surface area contributed by atoms with Crippen molar-refractivity contribution < 1.29 is 19.4 Å². The summed E-state index contributed by atoms with van der Waals surface area (Å²) >= 11 is 0. The van der Waals surface area contributed by atoms with E-state index in [0.29, 0.717) is 6.61 Å². The molecule has 0 unspecified atom stereocenters. The van der Waals surface area contributed by atoms with Crippen LogP contribution in [0.25, 0.3) is 0 Å². The van der Waals surface area contributed by atoms with E-state index in [1.165, 1.54) is 12.3 Å². The Morgan fingerprint density at radius 3 is 2.41 bits per heavy atom. The third-order valence-corrected chi connectivity index (χ3v) is 8.18. The zero-order valence-electron chi connectivity index (χ0n) is 11.3. The molecule has 0 saturated heterocycles. The molecule has 17 heavy (non-hydrogen) atoms. The van der Waals surface area contributed by atoms with E-state index in [4.69, 9.17) is 9.16 Å². The molecular weight excluding hydrogens is 236 g/mol. The highest BCUT2D eigenvalue weighted by Gasteiger charge is 2.39. The molecule has 0 aromatic carbocycles. The summed E-state index contributed by atoms with van der Waals surface area (Å²) in [5, 5.41) is 19.3. The Labute approximate surface area is 104 Å². The Hall–Kier alpha value is -0.363. The van der Waals surface area contributed by atoms with Crippen molar-refractivity contribution in [3.8, 4) is 0 Å². The molecule has 5 heteroatoms. The monoisotopic (exact) mass is 260 g/mol. The van der Waals surface area contributed by atoms with Crippen molar-refractivity contribution in [2.24, 2.45) is 0 Å². The van der Waals surface area contributed by atoms with E-state index in [1.54, 1.807) is 0 Å². The van der Waals surface area contributed by atoms with Gasteiger partial charge in [-0.2, -0.15) is 0 Å². The molecule has 1 rings (SSSR count). The van der Waals surface area contributed by atoms with Crippen molar-refractivity contribution in [2.45, 2.75) is 57.2 Å². The number of rotatable bonds is 3. The lowest BCUT2D eigenvalue weighted by Crippen LogP contribution is -2.48. The van der Waals surface area contributed by atoms with E-state index in [-0.39, 0.29) is 5.04 Å². The third kappa shape index (κ3) is 3.55. The summed E-state index contributed by atoms with van der Waals surface area (Å²) in [5.41, 5.74) is 0. The molecule has 0 radical (unpaired) electrons. The maximum absolute atomic E-state index is 9.75. The molecule has 1 heterocycles. The molecule has 3 atom stereocenters. The fourth-order valence-electron chi connectivity index (χ4n) is 1.29. The smallest absolute Gasteiger partial charge is 0.192 e. The summed E-state index contributed by atoms with van der Waals surface area (Å²) in [6.45, 7) is 11.1. The molecule has 0 aromatic rings. The van der Waals surface area contributed by atoms with Crippen molar-refractivity contribution in [3.63, 3.8) is 0 Å². The quantitative estimate of drug-likeness (QED) is 0.757. The molecule has 4 nitrogen and oxygen atoms in total. The van der Waals surface area contributed by atoms with Crippen LogP contribution in [0.5, 0.6) is 0 Å². The van der Waals surface area contributed by atoms with E-state index in [1.807, 2.05) is 0 Å². The molecule has 0 fully saturated rings. The summed E-state index contributed by atoms with van der Waals surface area (Å²) in [5.74, 6) is 0. The van der Waals surface area contributed by atoms with E-state index in [2.05, 4.69) is 33.9 Å². The second kappa shape index (κ2) is 5.10. The minimum Gasteiger partial charge on any atom is -0.493 e. The molecule has 0 aromatic heterocycles. The van der Waals surface area contributed by atoms with Gasteiger partial charge in [0.25, 0.3) is 0 Å². The van der Waals surface area contributed by atoms with Gasteiger partial charge in [0.05, 0.1) is 12.9 Å². The Balaban J connectivity index is 2.54. The van der Waals surface area contributed by atoms with Gasteiger partial charge in [-0.05, 0) is 24.2 Å². The van der Waals surface area contributed by atoms with Gasteiger partial charge in [-0.25, -0.2) is 0 Å². The molecule has 0 saturated carbocycles. The number of hydrogen-bond donors (Lipinski definition) is 2. The first-order valence-electron chi connectivity index (χ1n) is 5.97. The van der Waals surface area contributed by atoms with Crippen LogP contribution in [-0.2, 0) is 9.16 Å². The maximum Gasteiger partial charge on any atom is 0.192 e. The van der Waals surface area contributed by atoms with Gasteiger partial charge in [0.2, 0.25) is 0 Å². The lowest BCUT2D eigenvalue weighted by atomic mass is 10.1. The van der Waals surface area contributed by atoms with Crippen LogP contribution in [0, 0.1) is 0 Å². The number of aliphatic hydroxyl groups excluding tert-OH is 2. The van der Waals surface area contributed by atoms with Crippen LogP contribution in [0.2, 0.25) is 18.1 Å². The van der Waals surface area contributed by atoms with Crippen LogP contribution in [0.3, 0.4) is 0 Å². The molecule has 1 aliphatic rings. The first kappa shape index (κ1) is 14.7. The van der Waals surface area contributed by atoms with Crippen LogP contribution >= 0.6 is 0 Å². The minimum atomic E-state index is -1.84. The predicted molar refractivity (Wildman–Crippen MR) is 69.2 cm³/mol. The van der Waals surface area contributed by atoms with Gasteiger partial charge in [0.1, 0.15) is 18.3 Å². The largest absolute Gasteiger partial charge is 0.493 e. The second-order valence-corrected chi connectivity index (χ2v) is 10.9.